The van der Waals surface area contributed by atoms with Crippen LogP contribution in [0.5, 0.6) is 0 Å². The molecule has 7 heteroatoms. The predicted molar refractivity (Wildman–Crippen MR) is 106 cm³/mol. The highest BCUT2D eigenvalue weighted by molar-refractivity contribution is 7.92. The van der Waals surface area contributed by atoms with Gasteiger partial charge in [-0.05, 0) is 36.2 Å². The van der Waals surface area contributed by atoms with E-state index in [1.165, 1.54) is 4.31 Å². The van der Waals surface area contributed by atoms with Gasteiger partial charge in [0.05, 0.1) is 11.9 Å². The maximum atomic E-state index is 13.0. The number of amides is 1. The van der Waals surface area contributed by atoms with Crippen molar-refractivity contribution in [3.05, 3.63) is 65.2 Å². The van der Waals surface area contributed by atoms with Crippen LogP contribution in [-0.2, 0) is 21.4 Å². The summed E-state index contributed by atoms with van der Waals surface area (Å²) in [6, 6.07) is 15.1. The Morgan fingerprint density at radius 1 is 1.08 bits per heavy atom. The quantitative estimate of drug-likeness (QED) is 0.721. The summed E-state index contributed by atoms with van der Waals surface area (Å²) in [7, 11) is -1.95. The average molecular weight is 395 g/mol. The highest BCUT2D eigenvalue weighted by Crippen LogP contribution is 2.23. The molecule has 1 atom stereocenters. The lowest BCUT2D eigenvalue weighted by molar-refractivity contribution is -0.131. The molecule has 0 aromatic heterocycles. The zero-order valence-corrected chi connectivity index (χ0v) is 16.7. The number of benzene rings is 2. The highest BCUT2D eigenvalue weighted by Gasteiger charge is 2.33. The summed E-state index contributed by atoms with van der Waals surface area (Å²) in [5.41, 5.74) is 1.40. The van der Waals surface area contributed by atoms with Crippen LogP contribution in [0, 0.1) is 0 Å². The zero-order chi connectivity index (χ0) is 19.3. The minimum Gasteiger partial charge on any atom is -0.340 e. The molecule has 0 N–H and O–H groups in total. The minimum atomic E-state index is -3.62. The van der Waals surface area contributed by atoms with E-state index in [0.29, 0.717) is 23.7 Å². The molecule has 0 aliphatic heterocycles. The zero-order valence-electron chi connectivity index (χ0n) is 15.1. The summed E-state index contributed by atoms with van der Waals surface area (Å²) in [5.74, 6) is -0.253. The lowest BCUT2D eigenvalue weighted by Crippen LogP contribution is -2.49. The van der Waals surface area contributed by atoms with Crippen LogP contribution in [-0.4, -0.2) is 38.6 Å². The molecule has 1 amide bonds. The van der Waals surface area contributed by atoms with Crippen molar-refractivity contribution in [1.29, 1.82) is 0 Å². The summed E-state index contributed by atoms with van der Waals surface area (Å²) in [5, 5.41) is 0.626. The third kappa shape index (κ3) is 4.99. The number of para-hydroxylation sites is 1. The van der Waals surface area contributed by atoms with Crippen LogP contribution >= 0.6 is 11.6 Å². The van der Waals surface area contributed by atoms with E-state index in [1.54, 1.807) is 61.3 Å². The van der Waals surface area contributed by atoms with E-state index in [2.05, 4.69) is 0 Å². The molecule has 5 nitrogen and oxygen atoms in total. The van der Waals surface area contributed by atoms with Crippen molar-refractivity contribution in [3.63, 3.8) is 0 Å². The molecule has 0 fully saturated rings. The second kappa shape index (κ2) is 8.56. The molecule has 0 bridgehead atoms. The topological polar surface area (TPSA) is 57.7 Å². The summed E-state index contributed by atoms with van der Waals surface area (Å²) < 4.78 is 26.0. The van der Waals surface area contributed by atoms with Gasteiger partial charge < -0.3 is 4.90 Å². The summed E-state index contributed by atoms with van der Waals surface area (Å²) in [6.07, 6.45) is 1.49. The summed E-state index contributed by atoms with van der Waals surface area (Å²) in [6.45, 7) is 2.18. The molecule has 26 heavy (non-hydrogen) atoms. The molecular formula is C19H23ClN2O3S. The smallest absolute Gasteiger partial charge is 0.246 e. The summed E-state index contributed by atoms with van der Waals surface area (Å²) >= 11 is 5.89. The predicted octanol–water partition coefficient (Wildman–Crippen LogP) is 3.54. The third-order valence-corrected chi connectivity index (χ3v) is 5.46. The number of hydrogen-bond donors (Lipinski definition) is 0. The van der Waals surface area contributed by atoms with E-state index >= 15 is 0 Å². The highest BCUT2D eigenvalue weighted by atomic mass is 35.5. The molecule has 0 saturated heterocycles. The Morgan fingerprint density at radius 3 is 2.15 bits per heavy atom. The Kier molecular flexibility index (Phi) is 6.67. The van der Waals surface area contributed by atoms with Gasteiger partial charge in [0, 0.05) is 18.6 Å². The van der Waals surface area contributed by atoms with E-state index in [0.717, 1.165) is 11.8 Å². The standard InChI is InChI=1S/C19H23ClN2O3S/c1-4-18(22(26(3,24)25)17-8-6-5-7-9-17)19(23)21(2)14-15-10-12-16(20)13-11-15/h5-13,18H,4,14H2,1-3H3/t18-/m0/s1. The second-order valence-corrected chi connectivity index (χ2v) is 8.44. The van der Waals surface area contributed by atoms with Gasteiger partial charge in [0.15, 0.2) is 0 Å². The van der Waals surface area contributed by atoms with Crippen molar-refractivity contribution < 1.29 is 13.2 Å². The van der Waals surface area contributed by atoms with Crippen molar-refractivity contribution in [2.24, 2.45) is 0 Å². The molecule has 0 unspecified atom stereocenters. The number of carbonyl (C=O) groups excluding carboxylic acids is 1. The molecule has 140 valence electrons. The third-order valence-electron chi connectivity index (χ3n) is 4.03. The van der Waals surface area contributed by atoms with Gasteiger partial charge in [0.25, 0.3) is 0 Å². The lowest BCUT2D eigenvalue weighted by atomic mass is 10.1. The molecule has 2 rings (SSSR count). The van der Waals surface area contributed by atoms with Crippen LogP contribution in [0.2, 0.25) is 5.02 Å². The van der Waals surface area contributed by atoms with Crippen LogP contribution in [0.3, 0.4) is 0 Å². The molecule has 0 aliphatic rings. The fourth-order valence-electron chi connectivity index (χ4n) is 2.81. The van der Waals surface area contributed by atoms with Gasteiger partial charge in [-0.1, -0.05) is 48.9 Å². The molecule has 0 aliphatic carbocycles. The number of sulfonamides is 1. The van der Waals surface area contributed by atoms with Crippen LogP contribution in [0.4, 0.5) is 5.69 Å². The SMILES string of the molecule is CC[C@@H](C(=O)N(C)Cc1ccc(Cl)cc1)N(c1ccccc1)S(C)(=O)=O. The van der Waals surface area contributed by atoms with Crippen LogP contribution in [0.15, 0.2) is 54.6 Å². The van der Waals surface area contributed by atoms with Crippen molar-refractivity contribution in [1.82, 2.24) is 4.90 Å². The number of carbonyl (C=O) groups is 1. The van der Waals surface area contributed by atoms with E-state index in [-0.39, 0.29) is 5.91 Å². The first-order valence-electron chi connectivity index (χ1n) is 8.28. The number of nitrogens with zero attached hydrogens (tertiary/aromatic N) is 2. The van der Waals surface area contributed by atoms with Crippen LogP contribution in [0.25, 0.3) is 0 Å². The fraction of sp³-hybridized carbons (Fsp3) is 0.316. The second-order valence-electron chi connectivity index (χ2n) is 6.14. The number of hydrogen-bond acceptors (Lipinski definition) is 3. The van der Waals surface area contributed by atoms with E-state index in [9.17, 15) is 13.2 Å². The van der Waals surface area contributed by atoms with Gasteiger partial charge in [0.1, 0.15) is 6.04 Å². The molecule has 0 spiro atoms. The Morgan fingerprint density at radius 2 is 1.65 bits per heavy atom. The first-order valence-corrected chi connectivity index (χ1v) is 10.5. The first kappa shape index (κ1) is 20.3. The Bertz CT molecular complexity index is 839. The first-order chi connectivity index (χ1) is 12.2. The largest absolute Gasteiger partial charge is 0.340 e. The molecule has 0 radical (unpaired) electrons. The molecule has 0 saturated carbocycles. The van der Waals surface area contributed by atoms with Gasteiger partial charge in [-0.2, -0.15) is 0 Å². The normalized spacial score (nSPS) is 12.5. The number of likely N-dealkylation sites (N-methyl/N-ethyl adjacent to an activating group) is 1. The summed E-state index contributed by atoms with van der Waals surface area (Å²) in [4.78, 5) is 14.5. The van der Waals surface area contributed by atoms with Gasteiger partial charge in [-0.25, -0.2) is 8.42 Å². The van der Waals surface area contributed by atoms with Gasteiger partial charge in [-0.3, -0.25) is 9.10 Å². The maximum absolute atomic E-state index is 13.0. The number of anilines is 1. The van der Waals surface area contributed by atoms with E-state index < -0.39 is 16.1 Å². The number of halogens is 1. The van der Waals surface area contributed by atoms with Gasteiger partial charge in [-0.15, -0.1) is 0 Å². The van der Waals surface area contributed by atoms with Crippen LogP contribution < -0.4 is 4.31 Å². The van der Waals surface area contributed by atoms with E-state index in [4.69, 9.17) is 11.6 Å². The lowest BCUT2D eigenvalue weighted by Gasteiger charge is -2.32. The molecule has 2 aromatic carbocycles. The van der Waals surface area contributed by atoms with Crippen molar-refractivity contribution >= 4 is 33.2 Å². The van der Waals surface area contributed by atoms with Crippen molar-refractivity contribution in [2.45, 2.75) is 25.9 Å². The van der Waals surface area contributed by atoms with Gasteiger partial charge >= 0.3 is 0 Å². The number of rotatable bonds is 7. The van der Waals surface area contributed by atoms with Crippen LogP contribution in [0.1, 0.15) is 18.9 Å². The fourth-order valence-corrected chi connectivity index (χ4v) is 4.15. The molecule has 0 heterocycles. The molecular weight excluding hydrogens is 372 g/mol. The van der Waals surface area contributed by atoms with E-state index in [1.807, 2.05) is 12.1 Å². The Hall–Kier alpha value is -2.05. The molecule has 2 aromatic rings. The van der Waals surface area contributed by atoms with Gasteiger partial charge in [0.2, 0.25) is 15.9 Å². The maximum Gasteiger partial charge on any atom is 0.246 e. The van der Waals surface area contributed by atoms with Crippen molar-refractivity contribution in [2.75, 3.05) is 17.6 Å². The van der Waals surface area contributed by atoms with Crippen molar-refractivity contribution in [3.8, 4) is 0 Å². The average Bonchev–Trinajstić information content (AvgIpc) is 2.60. The Labute approximate surface area is 160 Å². The Balaban J connectivity index is 2.28. The monoisotopic (exact) mass is 394 g/mol. The minimum absolute atomic E-state index is 0.253.